The Hall–Kier alpha value is -2.08. The maximum Gasteiger partial charge on any atom is 0.231 e. The van der Waals surface area contributed by atoms with Gasteiger partial charge in [-0.25, -0.2) is 0 Å². The van der Waals surface area contributed by atoms with E-state index in [4.69, 9.17) is 0 Å². The number of likely N-dealkylation sites (tertiary alicyclic amines) is 1. The molecule has 1 aromatic rings. The summed E-state index contributed by atoms with van der Waals surface area (Å²) in [6.07, 6.45) is 8.18. The number of rotatable bonds is 7. The lowest BCUT2D eigenvalue weighted by molar-refractivity contribution is -0.131. The van der Waals surface area contributed by atoms with Crippen LogP contribution in [-0.2, 0) is 22.7 Å². The van der Waals surface area contributed by atoms with Crippen molar-refractivity contribution in [1.82, 2.24) is 25.0 Å². The fraction of sp³-hybridized carbons (Fsp3) is 0.750. The minimum absolute atomic E-state index is 0.145. The third-order valence-electron chi connectivity index (χ3n) is 5.75. The molecule has 8 nitrogen and oxygen atoms in total. The molecule has 29 heavy (non-hydrogen) atoms. The summed E-state index contributed by atoms with van der Waals surface area (Å²) in [7, 11) is 0. The summed E-state index contributed by atoms with van der Waals surface area (Å²) in [6.45, 7) is 3.91. The highest BCUT2D eigenvalue weighted by Gasteiger charge is 2.33. The molecule has 0 radical (unpaired) electrons. The molecule has 2 fully saturated rings. The van der Waals surface area contributed by atoms with Crippen molar-refractivity contribution in [2.75, 3.05) is 12.3 Å². The zero-order valence-electron chi connectivity index (χ0n) is 17.2. The monoisotopic (exact) mass is 418 g/mol. The van der Waals surface area contributed by atoms with Gasteiger partial charge in [0.2, 0.25) is 11.8 Å². The van der Waals surface area contributed by atoms with Gasteiger partial charge in [0, 0.05) is 19.5 Å². The number of thioether (sulfide) groups is 1. The summed E-state index contributed by atoms with van der Waals surface area (Å²) < 4.78 is 1.97. The van der Waals surface area contributed by atoms with Crippen LogP contribution < -0.4 is 5.32 Å². The van der Waals surface area contributed by atoms with Gasteiger partial charge < -0.3 is 14.8 Å². The van der Waals surface area contributed by atoms with E-state index in [9.17, 15) is 14.9 Å². The normalized spacial score (nSPS) is 19.4. The van der Waals surface area contributed by atoms with E-state index in [1.165, 1.54) is 11.8 Å². The van der Waals surface area contributed by atoms with Gasteiger partial charge in [0.25, 0.3) is 0 Å². The molecule has 0 aromatic carbocycles. The molecule has 158 valence electrons. The zero-order chi connectivity index (χ0) is 20.7. The first-order chi connectivity index (χ1) is 14.1. The number of carbonyl (C=O) groups excluding carboxylic acids is 2. The Kier molecular flexibility index (Phi) is 7.53. The molecular weight excluding hydrogens is 388 g/mol. The molecule has 1 aromatic heterocycles. The van der Waals surface area contributed by atoms with Crippen LogP contribution in [0, 0.1) is 11.3 Å². The van der Waals surface area contributed by atoms with Gasteiger partial charge in [-0.05, 0) is 32.6 Å². The summed E-state index contributed by atoms with van der Waals surface area (Å²) in [5.74, 6) is 0.986. The van der Waals surface area contributed by atoms with Crippen molar-refractivity contribution in [1.29, 1.82) is 5.26 Å². The van der Waals surface area contributed by atoms with Crippen molar-refractivity contribution >= 4 is 23.6 Å². The molecule has 1 aliphatic carbocycles. The summed E-state index contributed by atoms with van der Waals surface area (Å²) in [5, 5.41) is 21.7. The van der Waals surface area contributed by atoms with Crippen LogP contribution >= 0.6 is 11.8 Å². The Labute approximate surface area is 176 Å². The van der Waals surface area contributed by atoms with Crippen LogP contribution in [-0.4, -0.2) is 49.3 Å². The first kappa shape index (κ1) is 21.6. The molecule has 9 heteroatoms. The summed E-state index contributed by atoms with van der Waals surface area (Å²) in [6, 6.07) is 2.32. The fourth-order valence-electron chi connectivity index (χ4n) is 4.09. The fourth-order valence-corrected chi connectivity index (χ4v) is 4.91. The third kappa shape index (κ3) is 5.50. The Morgan fingerprint density at radius 1 is 1.21 bits per heavy atom. The van der Waals surface area contributed by atoms with Gasteiger partial charge in [-0.15, -0.1) is 10.2 Å². The van der Waals surface area contributed by atoms with Crippen molar-refractivity contribution < 1.29 is 9.59 Å². The van der Waals surface area contributed by atoms with E-state index >= 15 is 0 Å². The smallest absolute Gasteiger partial charge is 0.231 e. The second-order valence-corrected chi connectivity index (χ2v) is 8.80. The summed E-state index contributed by atoms with van der Waals surface area (Å²) in [5.41, 5.74) is -0.716. The van der Waals surface area contributed by atoms with Gasteiger partial charge in [-0.3, -0.25) is 9.59 Å². The minimum atomic E-state index is -0.716. The largest absolute Gasteiger partial charge is 0.337 e. The quantitative estimate of drug-likeness (QED) is 0.683. The number of aromatic nitrogens is 3. The average Bonchev–Trinajstić information content (AvgIpc) is 3.01. The van der Waals surface area contributed by atoms with Crippen LogP contribution in [0.15, 0.2) is 5.16 Å². The van der Waals surface area contributed by atoms with Crippen molar-refractivity contribution in [2.24, 2.45) is 0 Å². The molecule has 1 saturated carbocycles. The molecule has 0 bridgehead atoms. The first-order valence-corrected chi connectivity index (χ1v) is 11.6. The number of amides is 2. The predicted molar refractivity (Wildman–Crippen MR) is 110 cm³/mol. The Balaban J connectivity index is 1.59. The molecule has 0 spiro atoms. The van der Waals surface area contributed by atoms with Gasteiger partial charge >= 0.3 is 0 Å². The van der Waals surface area contributed by atoms with Gasteiger partial charge in [0.1, 0.15) is 5.54 Å². The summed E-state index contributed by atoms with van der Waals surface area (Å²) in [4.78, 5) is 26.6. The molecule has 0 atom stereocenters. The third-order valence-corrected chi connectivity index (χ3v) is 6.71. The lowest BCUT2D eigenvalue weighted by Gasteiger charge is -2.31. The summed E-state index contributed by atoms with van der Waals surface area (Å²) >= 11 is 1.33. The SMILES string of the molecule is CCn1c(CN2CCCCCC2=O)nnc1SCC(=O)NC1(C#N)CCCCC1. The van der Waals surface area contributed by atoms with E-state index in [1.807, 2.05) is 16.4 Å². The van der Waals surface area contributed by atoms with Crippen LogP contribution in [0.25, 0.3) is 0 Å². The van der Waals surface area contributed by atoms with Gasteiger partial charge in [-0.2, -0.15) is 5.26 Å². The molecule has 1 N–H and O–H groups in total. The zero-order valence-corrected chi connectivity index (χ0v) is 18.0. The first-order valence-electron chi connectivity index (χ1n) is 10.6. The maximum absolute atomic E-state index is 12.5. The highest BCUT2D eigenvalue weighted by atomic mass is 32.2. The molecule has 3 rings (SSSR count). The number of hydrogen-bond donors (Lipinski definition) is 1. The lowest BCUT2D eigenvalue weighted by Crippen LogP contribution is -2.49. The van der Waals surface area contributed by atoms with Crippen LogP contribution in [0.1, 0.15) is 70.5 Å². The highest BCUT2D eigenvalue weighted by molar-refractivity contribution is 7.99. The van der Waals surface area contributed by atoms with Gasteiger partial charge in [-0.1, -0.05) is 37.4 Å². The van der Waals surface area contributed by atoms with E-state index in [1.54, 1.807) is 0 Å². The standard InChI is InChI=1S/C20H30N6O2S/c1-2-26-16(13-25-12-8-3-5-9-18(25)28)23-24-19(26)29-14-17(27)22-20(15-21)10-6-4-7-11-20/h2-14H2,1H3,(H,22,27). The molecule has 2 heterocycles. The molecule has 1 saturated heterocycles. The van der Waals surface area contributed by atoms with Crippen LogP contribution in [0.4, 0.5) is 0 Å². The molecule has 1 aliphatic heterocycles. The Bertz CT molecular complexity index is 766. The average molecular weight is 419 g/mol. The predicted octanol–water partition coefficient (Wildman–Crippen LogP) is 2.64. The number of nitriles is 1. The van der Waals surface area contributed by atoms with E-state index in [0.29, 0.717) is 24.7 Å². The van der Waals surface area contributed by atoms with Gasteiger partial charge in [0.15, 0.2) is 11.0 Å². The molecule has 2 aliphatic rings. The Morgan fingerprint density at radius 2 is 1.97 bits per heavy atom. The molecule has 2 amide bonds. The number of nitrogens with one attached hydrogen (secondary N) is 1. The Morgan fingerprint density at radius 3 is 2.69 bits per heavy atom. The van der Waals surface area contributed by atoms with Gasteiger partial charge in [0.05, 0.1) is 18.4 Å². The second-order valence-electron chi connectivity index (χ2n) is 7.86. The van der Waals surface area contributed by atoms with Crippen LogP contribution in [0.3, 0.4) is 0 Å². The van der Waals surface area contributed by atoms with E-state index in [0.717, 1.165) is 63.7 Å². The van der Waals surface area contributed by atoms with Crippen LogP contribution in [0.5, 0.6) is 0 Å². The van der Waals surface area contributed by atoms with E-state index in [-0.39, 0.29) is 17.6 Å². The molecule has 0 unspecified atom stereocenters. The van der Waals surface area contributed by atoms with Crippen molar-refractivity contribution in [3.8, 4) is 6.07 Å². The number of nitrogens with zero attached hydrogens (tertiary/aromatic N) is 5. The highest BCUT2D eigenvalue weighted by Crippen LogP contribution is 2.28. The number of carbonyl (C=O) groups is 2. The van der Waals surface area contributed by atoms with Crippen molar-refractivity contribution in [3.05, 3.63) is 5.82 Å². The van der Waals surface area contributed by atoms with E-state index < -0.39 is 5.54 Å². The topological polar surface area (TPSA) is 104 Å². The van der Waals surface area contributed by atoms with E-state index in [2.05, 4.69) is 21.6 Å². The maximum atomic E-state index is 12.5. The van der Waals surface area contributed by atoms with Crippen LogP contribution in [0.2, 0.25) is 0 Å². The lowest BCUT2D eigenvalue weighted by atomic mass is 9.83. The van der Waals surface area contributed by atoms with Crippen molar-refractivity contribution in [2.45, 2.75) is 88.5 Å². The minimum Gasteiger partial charge on any atom is -0.337 e. The molecular formula is C20H30N6O2S. The van der Waals surface area contributed by atoms with Crippen molar-refractivity contribution in [3.63, 3.8) is 0 Å². The number of hydrogen-bond acceptors (Lipinski definition) is 6. The second kappa shape index (κ2) is 10.1.